The van der Waals surface area contributed by atoms with Crippen molar-refractivity contribution < 1.29 is 14.6 Å². The molecular weight excluding hydrogens is 272 g/mol. The van der Waals surface area contributed by atoms with Crippen LogP contribution in [0, 0.1) is 6.92 Å². The van der Waals surface area contributed by atoms with Crippen LogP contribution in [0.3, 0.4) is 0 Å². The van der Waals surface area contributed by atoms with E-state index in [1.807, 2.05) is 25.1 Å². The van der Waals surface area contributed by atoms with Gasteiger partial charge in [-0.25, -0.2) is 4.79 Å². The smallest absolute Gasteiger partial charge is 0.349 e. The minimum absolute atomic E-state index is 0.222. The van der Waals surface area contributed by atoms with Gasteiger partial charge in [0, 0.05) is 15.5 Å². The quantitative estimate of drug-likeness (QED) is 0.922. The standard InChI is InChI=1S/C13H11ClO3S/c1-8-6-11(12(18-8)13(15)16)17-7-9-4-2-3-5-10(9)14/h2-6H,7H2,1H3,(H,15,16). The summed E-state index contributed by atoms with van der Waals surface area (Å²) in [7, 11) is 0. The molecule has 2 aromatic rings. The molecule has 0 aliphatic heterocycles. The Morgan fingerprint density at radius 2 is 2.17 bits per heavy atom. The zero-order valence-corrected chi connectivity index (χ0v) is 11.2. The van der Waals surface area contributed by atoms with Crippen LogP contribution < -0.4 is 4.74 Å². The van der Waals surface area contributed by atoms with E-state index in [9.17, 15) is 4.79 Å². The Labute approximate surface area is 114 Å². The molecule has 2 rings (SSSR count). The van der Waals surface area contributed by atoms with Crippen molar-refractivity contribution in [1.29, 1.82) is 0 Å². The molecule has 5 heteroatoms. The molecule has 0 spiro atoms. The minimum atomic E-state index is -0.970. The third kappa shape index (κ3) is 2.83. The first-order chi connectivity index (χ1) is 8.58. The van der Waals surface area contributed by atoms with Crippen LogP contribution in [-0.2, 0) is 6.61 Å². The first kappa shape index (κ1) is 12.9. The van der Waals surface area contributed by atoms with Crippen LogP contribution in [-0.4, -0.2) is 11.1 Å². The van der Waals surface area contributed by atoms with Gasteiger partial charge in [-0.1, -0.05) is 29.8 Å². The average Bonchev–Trinajstić information content (AvgIpc) is 2.70. The van der Waals surface area contributed by atoms with Crippen LogP contribution in [0.4, 0.5) is 0 Å². The number of rotatable bonds is 4. The molecule has 0 saturated carbocycles. The molecule has 1 heterocycles. The van der Waals surface area contributed by atoms with Crippen molar-refractivity contribution in [3.05, 3.63) is 50.7 Å². The van der Waals surface area contributed by atoms with Crippen LogP contribution in [0.1, 0.15) is 20.1 Å². The number of carboxylic acids is 1. The van der Waals surface area contributed by atoms with E-state index in [2.05, 4.69) is 0 Å². The van der Waals surface area contributed by atoms with Crippen LogP contribution >= 0.6 is 22.9 Å². The topological polar surface area (TPSA) is 46.5 Å². The maximum Gasteiger partial charge on any atom is 0.349 e. The fraction of sp³-hybridized carbons (Fsp3) is 0.154. The van der Waals surface area contributed by atoms with Crippen molar-refractivity contribution in [2.75, 3.05) is 0 Å². The molecule has 0 radical (unpaired) electrons. The molecule has 18 heavy (non-hydrogen) atoms. The maximum atomic E-state index is 11.0. The summed E-state index contributed by atoms with van der Waals surface area (Å²) in [5.74, 6) is -0.577. The third-order valence-electron chi connectivity index (χ3n) is 2.36. The molecule has 0 fully saturated rings. The highest BCUT2D eigenvalue weighted by atomic mass is 35.5. The summed E-state index contributed by atoms with van der Waals surface area (Å²) in [5, 5.41) is 9.65. The number of benzene rings is 1. The predicted octanol–water partition coefficient (Wildman–Crippen LogP) is 3.99. The van der Waals surface area contributed by atoms with Crippen molar-refractivity contribution in [3.63, 3.8) is 0 Å². The van der Waals surface area contributed by atoms with Gasteiger partial charge in [0.1, 0.15) is 12.4 Å². The summed E-state index contributed by atoms with van der Waals surface area (Å²) in [5.41, 5.74) is 0.833. The Morgan fingerprint density at radius 1 is 1.44 bits per heavy atom. The molecular formula is C13H11ClO3S. The number of hydrogen-bond donors (Lipinski definition) is 1. The van der Waals surface area contributed by atoms with Crippen molar-refractivity contribution in [2.24, 2.45) is 0 Å². The Hall–Kier alpha value is -1.52. The fourth-order valence-electron chi connectivity index (χ4n) is 1.52. The maximum absolute atomic E-state index is 11.0. The van der Waals surface area contributed by atoms with E-state index in [1.165, 1.54) is 11.3 Å². The Kier molecular flexibility index (Phi) is 3.89. The number of carboxylic acid groups (broad SMARTS) is 1. The van der Waals surface area contributed by atoms with Gasteiger partial charge in [0.05, 0.1) is 0 Å². The van der Waals surface area contributed by atoms with E-state index in [0.717, 1.165) is 10.4 Å². The number of aryl methyl sites for hydroxylation is 1. The molecule has 0 unspecified atom stereocenters. The summed E-state index contributed by atoms with van der Waals surface area (Å²) in [6.45, 7) is 2.11. The monoisotopic (exact) mass is 282 g/mol. The molecule has 94 valence electrons. The third-order valence-corrected chi connectivity index (χ3v) is 3.74. The first-order valence-corrected chi connectivity index (χ1v) is 6.47. The molecule has 0 saturated heterocycles. The Morgan fingerprint density at radius 3 is 2.83 bits per heavy atom. The van der Waals surface area contributed by atoms with Crippen LogP contribution in [0.15, 0.2) is 30.3 Å². The first-order valence-electron chi connectivity index (χ1n) is 5.28. The number of halogens is 1. The average molecular weight is 283 g/mol. The van der Waals surface area contributed by atoms with Crippen LogP contribution in [0.25, 0.3) is 0 Å². The number of thiophene rings is 1. The SMILES string of the molecule is Cc1cc(OCc2ccccc2Cl)c(C(=O)O)s1. The van der Waals surface area contributed by atoms with Gasteiger partial charge in [-0.15, -0.1) is 11.3 Å². The van der Waals surface area contributed by atoms with E-state index in [1.54, 1.807) is 12.1 Å². The second-order valence-corrected chi connectivity index (χ2v) is 5.40. The number of hydrogen-bond acceptors (Lipinski definition) is 3. The van der Waals surface area contributed by atoms with E-state index in [0.29, 0.717) is 10.8 Å². The van der Waals surface area contributed by atoms with E-state index < -0.39 is 5.97 Å². The highest BCUT2D eigenvalue weighted by molar-refractivity contribution is 7.14. The van der Waals surface area contributed by atoms with Gasteiger partial charge < -0.3 is 9.84 Å². The lowest BCUT2D eigenvalue weighted by Gasteiger charge is -2.06. The van der Waals surface area contributed by atoms with Crippen molar-refractivity contribution in [1.82, 2.24) is 0 Å². The van der Waals surface area contributed by atoms with Crippen molar-refractivity contribution in [2.45, 2.75) is 13.5 Å². The Balaban J connectivity index is 2.16. The second kappa shape index (κ2) is 5.42. The molecule has 1 aromatic carbocycles. The van der Waals surface area contributed by atoms with Gasteiger partial charge >= 0.3 is 5.97 Å². The molecule has 0 aliphatic carbocycles. The highest BCUT2D eigenvalue weighted by Crippen LogP contribution is 2.30. The van der Waals surface area contributed by atoms with Gasteiger partial charge in [0.2, 0.25) is 0 Å². The van der Waals surface area contributed by atoms with Crippen molar-refractivity contribution >= 4 is 28.9 Å². The van der Waals surface area contributed by atoms with E-state index in [-0.39, 0.29) is 11.5 Å². The van der Waals surface area contributed by atoms with Crippen LogP contribution in [0.2, 0.25) is 5.02 Å². The zero-order valence-electron chi connectivity index (χ0n) is 9.64. The van der Waals surface area contributed by atoms with Gasteiger partial charge in [0.15, 0.2) is 4.88 Å². The lowest BCUT2D eigenvalue weighted by Crippen LogP contribution is -2.00. The minimum Gasteiger partial charge on any atom is -0.487 e. The lowest BCUT2D eigenvalue weighted by molar-refractivity contribution is 0.0697. The zero-order chi connectivity index (χ0) is 13.1. The van der Waals surface area contributed by atoms with Gasteiger partial charge in [0.25, 0.3) is 0 Å². The summed E-state index contributed by atoms with van der Waals surface area (Å²) in [6, 6.07) is 9.05. The summed E-state index contributed by atoms with van der Waals surface area (Å²) >= 11 is 7.21. The molecule has 1 aromatic heterocycles. The molecule has 3 nitrogen and oxygen atoms in total. The lowest BCUT2D eigenvalue weighted by atomic mass is 10.2. The summed E-state index contributed by atoms with van der Waals surface area (Å²) in [6.07, 6.45) is 0. The molecule has 0 amide bonds. The summed E-state index contributed by atoms with van der Waals surface area (Å²) in [4.78, 5) is 12.1. The van der Waals surface area contributed by atoms with Crippen molar-refractivity contribution in [3.8, 4) is 5.75 Å². The second-order valence-electron chi connectivity index (χ2n) is 3.74. The van der Waals surface area contributed by atoms with E-state index in [4.69, 9.17) is 21.4 Å². The molecule has 0 atom stereocenters. The number of ether oxygens (including phenoxy) is 1. The Bertz CT molecular complexity index is 577. The van der Waals surface area contributed by atoms with Gasteiger partial charge in [-0.3, -0.25) is 0 Å². The summed E-state index contributed by atoms with van der Waals surface area (Å²) < 4.78 is 5.53. The largest absolute Gasteiger partial charge is 0.487 e. The number of carbonyl (C=O) groups is 1. The van der Waals surface area contributed by atoms with E-state index >= 15 is 0 Å². The number of aromatic carboxylic acids is 1. The normalized spacial score (nSPS) is 10.3. The van der Waals surface area contributed by atoms with Gasteiger partial charge in [-0.05, 0) is 19.1 Å². The molecule has 1 N–H and O–H groups in total. The van der Waals surface area contributed by atoms with Crippen LogP contribution in [0.5, 0.6) is 5.75 Å². The predicted molar refractivity (Wildman–Crippen MR) is 71.8 cm³/mol. The highest BCUT2D eigenvalue weighted by Gasteiger charge is 2.15. The molecule has 0 aliphatic rings. The molecule has 0 bridgehead atoms. The van der Waals surface area contributed by atoms with Gasteiger partial charge in [-0.2, -0.15) is 0 Å². The fourth-order valence-corrected chi connectivity index (χ4v) is 2.50.